The van der Waals surface area contributed by atoms with Gasteiger partial charge < -0.3 is 10.1 Å². The highest BCUT2D eigenvalue weighted by atomic mass is 127. The van der Waals surface area contributed by atoms with Gasteiger partial charge in [0.15, 0.2) is 5.78 Å². The number of ketones is 1. The summed E-state index contributed by atoms with van der Waals surface area (Å²) in [4.78, 5) is 12.3. The van der Waals surface area contributed by atoms with Gasteiger partial charge >= 0.3 is 0 Å². The highest BCUT2D eigenvalue weighted by Crippen LogP contribution is 2.39. The number of halogens is 1. The number of hydrogen-bond donors (Lipinski definition) is 1. The van der Waals surface area contributed by atoms with Crippen LogP contribution in [0.5, 0.6) is 5.75 Å². The number of ether oxygens (including phenoxy) is 1. The fourth-order valence-corrected chi connectivity index (χ4v) is 3.45. The van der Waals surface area contributed by atoms with E-state index in [1.54, 1.807) is 0 Å². The Morgan fingerprint density at radius 2 is 2.06 bits per heavy atom. The van der Waals surface area contributed by atoms with E-state index in [0.717, 1.165) is 40.8 Å². The summed E-state index contributed by atoms with van der Waals surface area (Å²) in [6, 6.07) is 5.83. The lowest BCUT2D eigenvalue weighted by atomic mass is 9.83. The van der Waals surface area contributed by atoms with Gasteiger partial charge in [0.25, 0.3) is 0 Å². The Labute approximate surface area is 114 Å². The predicted octanol–water partition coefficient (Wildman–Crippen LogP) is 2.38. The van der Waals surface area contributed by atoms with E-state index < -0.39 is 0 Å². The minimum atomic E-state index is -0.250. The van der Waals surface area contributed by atoms with Gasteiger partial charge in [0.2, 0.25) is 0 Å². The fourth-order valence-electron chi connectivity index (χ4n) is 2.67. The van der Waals surface area contributed by atoms with E-state index in [1.807, 2.05) is 18.2 Å². The first kappa shape index (κ1) is 11.5. The molecule has 90 valence electrons. The quantitative estimate of drug-likeness (QED) is 0.735. The van der Waals surface area contributed by atoms with E-state index in [4.69, 9.17) is 4.74 Å². The normalized spacial score (nSPS) is 22.1. The monoisotopic (exact) mass is 343 g/mol. The number of piperidine rings is 1. The van der Waals surface area contributed by atoms with Crippen LogP contribution in [0.3, 0.4) is 0 Å². The third kappa shape index (κ3) is 1.97. The van der Waals surface area contributed by atoms with E-state index in [1.165, 1.54) is 0 Å². The SMILES string of the molecule is O=C1CC2(CCNCC2)Oc2cccc(I)c21. The first-order chi connectivity index (χ1) is 8.20. The summed E-state index contributed by atoms with van der Waals surface area (Å²) in [5, 5.41) is 3.31. The first-order valence-corrected chi connectivity index (χ1v) is 7.00. The summed E-state index contributed by atoms with van der Waals surface area (Å²) in [7, 11) is 0. The Hall–Kier alpha value is -0.620. The summed E-state index contributed by atoms with van der Waals surface area (Å²) >= 11 is 2.20. The Bertz CT molecular complexity index is 466. The molecule has 0 amide bonds. The molecule has 0 saturated carbocycles. The lowest BCUT2D eigenvalue weighted by molar-refractivity contribution is 0.0186. The van der Waals surface area contributed by atoms with E-state index in [-0.39, 0.29) is 11.4 Å². The van der Waals surface area contributed by atoms with E-state index in [2.05, 4.69) is 27.9 Å². The zero-order valence-electron chi connectivity index (χ0n) is 9.46. The zero-order chi connectivity index (χ0) is 11.9. The van der Waals surface area contributed by atoms with Crippen molar-refractivity contribution in [2.24, 2.45) is 0 Å². The van der Waals surface area contributed by atoms with Crippen molar-refractivity contribution in [2.75, 3.05) is 13.1 Å². The predicted molar refractivity (Wildman–Crippen MR) is 73.6 cm³/mol. The molecule has 0 unspecified atom stereocenters. The van der Waals surface area contributed by atoms with Gasteiger partial charge in [-0.3, -0.25) is 4.79 Å². The van der Waals surface area contributed by atoms with Crippen molar-refractivity contribution in [1.29, 1.82) is 0 Å². The molecule has 1 N–H and O–H groups in total. The number of fused-ring (bicyclic) bond motifs is 1. The van der Waals surface area contributed by atoms with E-state index in [9.17, 15) is 4.79 Å². The van der Waals surface area contributed by atoms with Crippen LogP contribution in [-0.4, -0.2) is 24.5 Å². The first-order valence-electron chi connectivity index (χ1n) is 5.92. The van der Waals surface area contributed by atoms with Crippen LogP contribution in [-0.2, 0) is 0 Å². The largest absolute Gasteiger partial charge is 0.486 e. The number of benzene rings is 1. The maximum absolute atomic E-state index is 12.3. The summed E-state index contributed by atoms with van der Waals surface area (Å²) in [6.45, 7) is 1.87. The van der Waals surface area contributed by atoms with Crippen LogP contribution in [0.4, 0.5) is 0 Å². The molecular weight excluding hydrogens is 329 g/mol. The Morgan fingerprint density at radius 3 is 2.82 bits per heavy atom. The molecule has 0 radical (unpaired) electrons. The molecule has 4 heteroatoms. The number of carbonyl (C=O) groups is 1. The lowest BCUT2D eigenvalue weighted by Gasteiger charge is -2.41. The molecule has 1 spiro atoms. The fraction of sp³-hybridized carbons (Fsp3) is 0.462. The van der Waals surface area contributed by atoms with Gasteiger partial charge in [-0.05, 0) is 47.8 Å². The number of Topliss-reactive ketones (excluding diaryl/α,β-unsaturated/α-hetero) is 1. The standard InChI is InChI=1S/C13H14INO2/c14-9-2-1-3-11-12(9)10(16)8-13(17-11)4-6-15-7-5-13/h1-3,15H,4-8H2. The van der Waals surface area contributed by atoms with Crippen LogP contribution in [0.15, 0.2) is 18.2 Å². The lowest BCUT2D eigenvalue weighted by Crippen LogP contribution is -2.49. The molecule has 2 heterocycles. The van der Waals surface area contributed by atoms with Crippen LogP contribution in [0, 0.1) is 3.57 Å². The molecule has 1 saturated heterocycles. The molecule has 0 bridgehead atoms. The molecule has 2 aliphatic heterocycles. The number of nitrogens with one attached hydrogen (secondary N) is 1. The van der Waals surface area contributed by atoms with Gasteiger partial charge in [0.1, 0.15) is 11.4 Å². The average molecular weight is 343 g/mol. The van der Waals surface area contributed by atoms with Crippen molar-refractivity contribution in [1.82, 2.24) is 5.32 Å². The van der Waals surface area contributed by atoms with Crippen LogP contribution >= 0.6 is 22.6 Å². The maximum atomic E-state index is 12.3. The minimum absolute atomic E-state index is 0.234. The van der Waals surface area contributed by atoms with Crippen LogP contribution in [0.2, 0.25) is 0 Å². The van der Waals surface area contributed by atoms with E-state index in [0.29, 0.717) is 6.42 Å². The number of rotatable bonds is 0. The van der Waals surface area contributed by atoms with Gasteiger partial charge in [-0.2, -0.15) is 0 Å². The minimum Gasteiger partial charge on any atom is -0.486 e. The van der Waals surface area contributed by atoms with Crippen LogP contribution in [0.1, 0.15) is 29.6 Å². The van der Waals surface area contributed by atoms with Crippen molar-refractivity contribution in [3.8, 4) is 5.75 Å². The third-order valence-electron chi connectivity index (χ3n) is 3.58. The summed E-state index contributed by atoms with van der Waals surface area (Å²) in [5.74, 6) is 1.01. The van der Waals surface area contributed by atoms with Crippen molar-refractivity contribution < 1.29 is 9.53 Å². The van der Waals surface area contributed by atoms with Gasteiger partial charge in [-0.15, -0.1) is 0 Å². The summed E-state index contributed by atoms with van der Waals surface area (Å²) in [5.41, 5.74) is 0.525. The second-order valence-corrected chi connectivity index (χ2v) is 5.91. The van der Waals surface area contributed by atoms with Crippen molar-refractivity contribution >= 4 is 28.4 Å². The Morgan fingerprint density at radius 1 is 1.29 bits per heavy atom. The molecule has 2 aliphatic rings. The van der Waals surface area contributed by atoms with Crippen molar-refractivity contribution in [2.45, 2.75) is 24.9 Å². The van der Waals surface area contributed by atoms with Gasteiger partial charge in [-0.1, -0.05) is 6.07 Å². The van der Waals surface area contributed by atoms with Gasteiger partial charge in [-0.25, -0.2) is 0 Å². The van der Waals surface area contributed by atoms with Crippen LogP contribution in [0.25, 0.3) is 0 Å². The molecule has 1 aromatic carbocycles. The molecular formula is C13H14INO2. The van der Waals surface area contributed by atoms with Gasteiger partial charge in [0, 0.05) is 16.4 Å². The van der Waals surface area contributed by atoms with E-state index >= 15 is 0 Å². The topological polar surface area (TPSA) is 38.3 Å². The van der Waals surface area contributed by atoms with Crippen molar-refractivity contribution in [3.05, 3.63) is 27.3 Å². The number of carbonyl (C=O) groups excluding carboxylic acids is 1. The molecule has 1 fully saturated rings. The summed E-state index contributed by atoms with van der Waals surface area (Å²) in [6.07, 6.45) is 2.37. The molecule has 3 rings (SSSR count). The Balaban J connectivity index is 2.00. The zero-order valence-corrected chi connectivity index (χ0v) is 11.6. The number of hydrogen-bond acceptors (Lipinski definition) is 3. The molecule has 0 atom stereocenters. The highest BCUT2D eigenvalue weighted by molar-refractivity contribution is 14.1. The van der Waals surface area contributed by atoms with Gasteiger partial charge in [0.05, 0.1) is 12.0 Å². The molecule has 1 aromatic rings. The van der Waals surface area contributed by atoms with Crippen LogP contribution < -0.4 is 10.1 Å². The average Bonchev–Trinajstić information content (AvgIpc) is 2.29. The highest BCUT2D eigenvalue weighted by Gasteiger charge is 2.41. The Kier molecular flexibility index (Phi) is 2.86. The molecule has 0 aliphatic carbocycles. The third-order valence-corrected chi connectivity index (χ3v) is 4.48. The summed E-state index contributed by atoms with van der Waals surface area (Å²) < 4.78 is 7.14. The molecule has 0 aromatic heterocycles. The second kappa shape index (κ2) is 4.24. The molecule has 3 nitrogen and oxygen atoms in total. The second-order valence-electron chi connectivity index (χ2n) is 4.75. The maximum Gasteiger partial charge on any atom is 0.171 e. The van der Waals surface area contributed by atoms with Crippen molar-refractivity contribution in [3.63, 3.8) is 0 Å². The molecule has 17 heavy (non-hydrogen) atoms. The smallest absolute Gasteiger partial charge is 0.171 e.